The van der Waals surface area contributed by atoms with E-state index in [1.54, 1.807) is 4.90 Å². The molecule has 0 aliphatic carbocycles. The summed E-state index contributed by atoms with van der Waals surface area (Å²) >= 11 is 3.57. The molecule has 1 N–H and O–H groups in total. The molecule has 5 nitrogen and oxygen atoms in total. The quantitative estimate of drug-likeness (QED) is 0.436. The zero-order chi connectivity index (χ0) is 24.6. The molecule has 2 amide bonds. The lowest BCUT2D eigenvalue weighted by Gasteiger charge is -2.30. The maximum atomic E-state index is 13.3. The highest BCUT2D eigenvalue weighted by molar-refractivity contribution is 9.10. The van der Waals surface area contributed by atoms with Gasteiger partial charge in [0.15, 0.2) is 6.61 Å². The van der Waals surface area contributed by atoms with Gasteiger partial charge in [-0.3, -0.25) is 9.59 Å². The summed E-state index contributed by atoms with van der Waals surface area (Å²) in [5.74, 6) is 0.256. The maximum Gasteiger partial charge on any atom is 0.261 e. The van der Waals surface area contributed by atoms with Crippen LogP contribution in [0.1, 0.15) is 64.2 Å². The second-order valence-corrected chi connectivity index (χ2v) is 10.3. The molecule has 0 aliphatic rings. The number of hydrogen-bond acceptors (Lipinski definition) is 3. The molecule has 1 atom stereocenters. The molecule has 0 radical (unpaired) electrons. The van der Waals surface area contributed by atoms with E-state index in [2.05, 4.69) is 42.0 Å². The van der Waals surface area contributed by atoms with Crippen LogP contribution >= 0.6 is 15.9 Å². The van der Waals surface area contributed by atoms with Crippen LogP contribution in [0.2, 0.25) is 0 Å². The molecular weight excluding hydrogens is 480 g/mol. The molecule has 2 rings (SSSR count). The first-order valence-electron chi connectivity index (χ1n) is 11.6. The van der Waals surface area contributed by atoms with E-state index >= 15 is 0 Å². The first-order chi connectivity index (χ1) is 15.6. The smallest absolute Gasteiger partial charge is 0.261 e. The van der Waals surface area contributed by atoms with Crippen LogP contribution in [0.25, 0.3) is 0 Å². The summed E-state index contributed by atoms with van der Waals surface area (Å²) in [6.45, 7) is 13.2. The van der Waals surface area contributed by atoms with Crippen molar-refractivity contribution in [1.82, 2.24) is 10.2 Å². The summed E-state index contributed by atoms with van der Waals surface area (Å²) in [5, 5.41) is 2.94. The third-order valence-corrected chi connectivity index (χ3v) is 6.18. The van der Waals surface area contributed by atoms with Gasteiger partial charge >= 0.3 is 0 Å². The van der Waals surface area contributed by atoms with Gasteiger partial charge in [0.2, 0.25) is 5.91 Å². The highest BCUT2D eigenvalue weighted by Gasteiger charge is 2.29. The lowest BCUT2D eigenvalue weighted by atomic mass is 9.87. The van der Waals surface area contributed by atoms with Gasteiger partial charge in [-0.05, 0) is 64.4 Å². The van der Waals surface area contributed by atoms with Crippen LogP contribution in [0.15, 0.2) is 46.9 Å². The molecule has 0 aliphatic heterocycles. The fraction of sp³-hybridized carbons (Fsp3) is 0.481. The number of nitrogens with one attached hydrogen (secondary N) is 1. The Balaban J connectivity index is 2.21. The molecule has 2 aromatic carbocycles. The second kappa shape index (κ2) is 12.2. The molecule has 0 fully saturated rings. The Hall–Kier alpha value is -2.34. The van der Waals surface area contributed by atoms with Gasteiger partial charge in [-0.1, -0.05) is 70.5 Å². The highest BCUT2D eigenvalue weighted by Crippen LogP contribution is 2.31. The van der Waals surface area contributed by atoms with E-state index in [4.69, 9.17) is 4.74 Å². The molecule has 180 valence electrons. The van der Waals surface area contributed by atoms with E-state index in [-0.39, 0.29) is 23.8 Å². The third kappa shape index (κ3) is 7.88. The number of aryl methyl sites for hydroxylation is 1. The van der Waals surface area contributed by atoms with Crippen LogP contribution in [-0.4, -0.2) is 35.9 Å². The molecule has 33 heavy (non-hydrogen) atoms. The third-order valence-electron chi connectivity index (χ3n) is 5.56. The highest BCUT2D eigenvalue weighted by atomic mass is 79.9. The summed E-state index contributed by atoms with van der Waals surface area (Å²) in [6.07, 6.45) is 1.37. The number of halogens is 1. The Morgan fingerprint density at radius 2 is 1.76 bits per heavy atom. The number of rotatable bonds is 10. The van der Waals surface area contributed by atoms with Crippen LogP contribution in [-0.2, 0) is 21.5 Å². The van der Waals surface area contributed by atoms with Gasteiger partial charge in [0.1, 0.15) is 11.8 Å². The van der Waals surface area contributed by atoms with E-state index in [0.717, 1.165) is 22.0 Å². The van der Waals surface area contributed by atoms with Crippen LogP contribution in [0.3, 0.4) is 0 Å². The minimum absolute atomic E-state index is 0.0158. The molecule has 0 bridgehead atoms. The first-order valence-corrected chi connectivity index (χ1v) is 12.4. The van der Waals surface area contributed by atoms with E-state index in [1.165, 1.54) is 5.56 Å². The number of amides is 2. The number of carbonyl (C=O) groups excluding carboxylic acids is 2. The Morgan fingerprint density at radius 1 is 1.09 bits per heavy atom. The second-order valence-electron chi connectivity index (χ2n) is 9.41. The van der Waals surface area contributed by atoms with Gasteiger partial charge in [0.25, 0.3) is 5.91 Å². The van der Waals surface area contributed by atoms with Gasteiger partial charge < -0.3 is 15.0 Å². The standard InChI is InChI=1S/C27H37BrN2O3/c1-7-15-29-26(32)23(8-2)30(17-20-11-9-19(3)10-12-20)25(31)18-33-24-14-13-21(16-22(24)28)27(4,5)6/h9-14,16,23H,7-8,15,17-18H2,1-6H3,(H,29,32). The van der Waals surface area contributed by atoms with Crippen molar-refractivity contribution in [2.45, 2.75) is 72.4 Å². The topological polar surface area (TPSA) is 58.6 Å². The van der Waals surface area contributed by atoms with E-state index < -0.39 is 6.04 Å². The molecule has 1 unspecified atom stereocenters. The van der Waals surface area contributed by atoms with Crippen molar-refractivity contribution in [2.24, 2.45) is 0 Å². The molecule has 6 heteroatoms. The number of nitrogens with zero attached hydrogens (tertiary/aromatic N) is 1. The van der Waals surface area contributed by atoms with Gasteiger partial charge in [0, 0.05) is 13.1 Å². The fourth-order valence-corrected chi connectivity index (χ4v) is 3.98. The average molecular weight is 518 g/mol. The van der Waals surface area contributed by atoms with Crippen LogP contribution in [0.4, 0.5) is 0 Å². The van der Waals surface area contributed by atoms with Gasteiger partial charge in [-0.25, -0.2) is 0 Å². The summed E-state index contributed by atoms with van der Waals surface area (Å²) < 4.78 is 6.70. The maximum absolute atomic E-state index is 13.3. The average Bonchev–Trinajstić information content (AvgIpc) is 2.77. The predicted molar refractivity (Wildman–Crippen MR) is 137 cm³/mol. The zero-order valence-electron chi connectivity index (χ0n) is 20.7. The summed E-state index contributed by atoms with van der Waals surface area (Å²) in [6, 6.07) is 13.4. The van der Waals surface area contributed by atoms with Crippen molar-refractivity contribution in [2.75, 3.05) is 13.2 Å². The largest absolute Gasteiger partial charge is 0.483 e. The van der Waals surface area contributed by atoms with Gasteiger partial charge in [-0.15, -0.1) is 0 Å². The van der Waals surface area contributed by atoms with Crippen molar-refractivity contribution >= 4 is 27.7 Å². The number of carbonyl (C=O) groups is 2. The van der Waals surface area contributed by atoms with E-state index in [1.807, 2.05) is 63.2 Å². The van der Waals surface area contributed by atoms with Crippen LogP contribution < -0.4 is 10.1 Å². The Bertz CT molecular complexity index is 935. The molecular formula is C27H37BrN2O3. The molecule has 0 saturated carbocycles. The predicted octanol–water partition coefficient (Wildman–Crippen LogP) is 5.77. The molecule has 0 heterocycles. The van der Waals surface area contributed by atoms with Crippen molar-refractivity contribution in [3.63, 3.8) is 0 Å². The molecule has 0 aromatic heterocycles. The minimum Gasteiger partial charge on any atom is -0.483 e. The summed E-state index contributed by atoms with van der Waals surface area (Å²) in [5.41, 5.74) is 3.32. The van der Waals surface area contributed by atoms with Gasteiger partial charge in [0.05, 0.1) is 4.47 Å². The summed E-state index contributed by atoms with van der Waals surface area (Å²) in [4.78, 5) is 27.8. The zero-order valence-corrected chi connectivity index (χ0v) is 22.3. The summed E-state index contributed by atoms with van der Waals surface area (Å²) in [7, 11) is 0. The van der Waals surface area contributed by atoms with Crippen molar-refractivity contribution in [1.29, 1.82) is 0 Å². The fourth-order valence-electron chi connectivity index (χ4n) is 3.48. The lowest BCUT2D eigenvalue weighted by Crippen LogP contribution is -2.50. The monoisotopic (exact) mass is 516 g/mol. The minimum atomic E-state index is -0.555. The Kier molecular flexibility index (Phi) is 9.96. The lowest BCUT2D eigenvalue weighted by molar-refractivity contribution is -0.143. The van der Waals surface area contributed by atoms with Crippen LogP contribution in [0, 0.1) is 6.92 Å². The van der Waals surface area contributed by atoms with E-state index in [9.17, 15) is 9.59 Å². The van der Waals surface area contributed by atoms with Crippen molar-refractivity contribution < 1.29 is 14.3 Å². The van der Waals surface area contributed by atoms with Gasteiger partial charge in [-0.2, -0.15) is 0 Å². The molecule has 0 spiro atoms. The van der Waals surface area contributed by atoms with Crippen molar-refractivity contribution in [3.8, 4) is 5.75 Å². The SMILES string of the molecule is CCCNC(=O)C(CC)N(Cc1ccc(C)cc1)C(=O)COc1ccc(C(C)(C)C)cc1Br. The van der Waals surface area contributed by atoms with Crippen LogP contribution in [0.5, 0.6) is 5.75 Å². The number of ether oxygens (including phenoxy) is 1. The Morgan fingerprint density at radius 3 is 2.30 bits per heavy atom. The first kappa shape index (κ1) is 26.9. The normalized spacial score (nSPS) is 12.2. The Labute approximate surface area is 207 Å². The van der Waals surface area contributed by atoms with E-state index in [0.29, 0.717) is 25.3 Å². The molecule has 2 aromatic rings. The van der Waals surface area contributed by atoms with Crippen molar-refractivity contribution in [3.05, 3.63) is 63.6 Å². The molecule has 0 saturated heterocycles. The number of hydrogen-bond donors (Lipinski definition) is 1. The number of benzene rings is 2.